The van der Waals surface area contributed by atoms with E-state index in [2.05, 4.69) is 0 Å². The van der Waals surface area contributed by atoms with E-state index < -0.39 is 17.2 Å². The van der Waals surface area contributed by atoms with Crippen LogP contribution >= 0.6 is 0 Å². The molecule has 1 aromatic carbocycles. The molecule has 1 aliphatic carbocycles. The zero-order valence-corrected chi connectivity index (χ0v) is 12.2. The fourth-order valence-corrected chi connectivity index (χ4v) is 3.20. The molecule has 21 heavy (non-hydrogen) atoms. The number of benzene rings is 1. The van der Waals surface area contributed by atoms with Gasteiger partial charge in [0.15, 0.2) is 5.78 Å². The normalized spacial score (nSPS) is 31.8. The molecule has 0 amide bonds. The Hall–Kier alpha value is -1.72. The minimum Gasteiger partial charge on any atom is -0.466 e. The first-order valence-electron chi connectivity index (χ1n) is 7.00. The van der Waals surface area contributed by atoms with Crippen molar-refractivity contribution in [3.05, 3.63) is 35.4 Å². The molecule has 1 aliphatic heterocycles. The van der Waals surface area contributed by atoms with Gasteiger partial charge in [0.1, 0.15) is 5.60 Å². The summed E-state index contributed by atoms with van der Waals surface area (Å²) in [6, 6.07) is 7.69. The number of carbonyl (C=O) groups is 2. The number of rotatable bonds is 1. The van der Waals surface area contributed by atoms with Gasteiger partial charge in [0.2, 0.25) is 0 Å². The van der Waals surface area contributed by atoms with Gasteiger partial charge in [-0.15, -0.1) is 0 Å². The van der Waals surface area contributed by atoms with Crippen LogP contribution in [0.2, 0.25) is 0 Å². The Morgan fingerprint density at radius 1 is 1.19 bits per heavy atom. The zero-order valence-electron chi connectivity index (χ0n) is 12.2. The van der Waals surface area contributed by atoms with E-state index in [1.807, 2.05) is 24.3 Å². The van der Waals surface area contributed by atoms with Crippen molar-refractivity contribution in [2.75, 3.05) is 7.11 Å². The predicted molar refractivity (Wildman–Crippen MR) is 73.4 cm³/mol. The van der Waals surface area contributed by atoms with Crippen LogP contribution in [0.1, 0.15) is 30.9 Å². The van der Waals surface area contributed by atoms with E-state index in [0.717, 1.165) is 11.1 Å². The molecule has 1 saturated carbocycles. The molecule has 0 spiro atoms. The van der Waals surface area contributed by atoms with Crippen molar-refractivity contribution < 1.29 is 23.8 Å². The Morgan fingerprint density at radius 3 is 2.43 bits per heavy atom. The lowest BCUT2D eigenvalue weighted by Crippen LogP contribution is -2.61. The monoisotopic (exact) mass is 290 g/mol. The number of hydrogen-bond donors (Lipinski definition) is 0. The van der Waals surface area contributed by atoms with Crippen LogP contribution in [0.25, 0.3) is 0 Å². The van der Waals surface area contributed by atoms with Gasteiger partial charge >= 0.3 is 5.97 Å². The van der Waals surface area contributed by atoms with E-state index in [1.54, 1.807) is 6.92 Å². The highest BCUT2D eigenvalue weighted by Crippen LogP contribution is 2.45. The molecular weight excluding hydrogens is 272 g/mol. The second-order valence-electron chi connectivity index (χ2n) is 5.67. The van der Waals surface area contributed by atoms with Crippen LogP contribution in [0.4, 0.5) is 0 Å². The molecular formula is C16H18O5. The summed E-state index contributed by atoms with van der Waals surface area (Å²) in [5.41, 5.74) is -0.723. The SMILES string of the molecule is COC(=O)[C@]12OCc3ccccc3CO[C@@]1(C)CCC2=O. The molecule has 0 radical (unpaired) electrons. The van der Waals surface area contributed by atoms with Crippen LogP contribution in [0, 0.1) is 0 Å². The van der Waals surface area contributed by atoms with Gasteiger partial charge in [-0.3, -0.25) is 4.79 Å². The van der Waals surface area contributed by atoms with Crippen LogP contribution in [-0.2, 0) is 37.0 Å². The van der Waals surface area contributed by atoms with Gasteiger partial charge in [-0.1, -0.05) is 24.3 Å². The molecule has 0 aromatic heterocycles. The summed E-state index contributed by atoms with van der Waals surface area (Å²) in [5, 5.41) is 0. The number of fused-ring (bicyclic) bond motifs is 2. The van der Waals surface area contributed by atoms with E-state index in [4.69, 9.17) is 14.2 Å². The fourth-order valence-electron chi connectivity index (χ4n) is 3.20. The fraction of sp³-hybridized carbons (Fsp3) is 0.500. The maximum atomic E-state index is 12.4. The Bertz CT molecular complexity index is 596. The van der Waals surface area contributed by atoms with Gasteiger partial charge < -0.3 is 14.2 Å². The Labute approximate surface area is 123 Å². The lowest BCUT2D eigenvalue weighted by molar-refractivity contribution is -0.216. The number of carbonyl (C=O) groups excluding carboxylic acids is 2. The predicted octanol–water partition coefficient (Wildman–Crippen LogP) is 1.77. The smallest absolute Gasteiger partial charge is 0.349 e. The first-order chi connectivity index (χ1) is 10.0. The second-order valence-corrected chi connectivity index (χ2v) is 5.67. The van der Waals surface area contributed by atoms with E-state index >= 15 is 0 Å². The van der Waals surface area contributed by atoms with Gasteiger partial charge in [-0.2, -0.15) is 0 Å². The Balaban J connectivity index is 2.07. The first kappa shape index (κ1) is 14.2. The van der Waals surface area contributed by atoms with Crippen LogP contribution in [0.15, 0.2) is 24.3 Å². The third kappa shape index (κ3) is 1.92. The first-order valence-corrected chi connectivity index (χ1v) is 7.00. The van der Waals surface area contributed by atoms with E-state index in [0.29, 0.717) is 13.0 Å². The molecule has 2 atom stereocenters. The number of methoxy groups -OCH3 is 1. The summed E-state index contributed by atoms with van der Waals surface area (Å²) >= 11 is 0. The van der Waals surface area contributed by atoms with Crippen molar-refractivity contribution in [1.29, 1.82) is 0 Å². The Kier molecular flexibility index (Phi) is 3.34. The minimum atomic E-state index is -1.66. The number of hydrogen-bond acceptors (Lipinski definition) is 5. The molecule has 0 unspecified atom stereocenters. The van der Waals surface area contributed by atoms with Gasteiger partial charge in [-0.05, 0) is 24.5 Å². The average Bonchev–Trinajstić information content (AvgIpc) is 2.74. The maximum Gasteiger partial charge on any atom is 0.349 e. The molecule has 3 rings (SSSR count). The van der Waals surface area contributed by atoms with Gasteiger partial charge in [0.25, 0.3) is 5.60 Å². The summed E-state index contributed by atoms with van der Waals surface area (Å²) < 4.78 is 16.7. The molecule has 1 heterocycles. The average molecular weight is 290 g/mol. The molecule has 1 aromatic rings. The summed E-state index contributed by atoms with van der Waals surface area (Å²) in [6.45, 7) is 2.29. The zero-order chi connectivity index (χ0) is 15.1. The number of ketones is 1. The maximum absolute atomic E-state index is 12.4. The molecule has 112 valence electrons. The highest BCUT2D eigenvalue weighted by Gasteiger charge is 2.66. The van der Waals surface area contributed by atoms with Crippen LogP contribution in [0.5, 0.6) is 0 Å². The van der Waals surface area contributed by atoms with E-state index in [9.17, 15) is 9.59 Å². The third-order valence-electron chi connectivity index (χ3n) is 4.55. The van der Waals surface area contributed by atoms with Crippen molar-refractivity contribution in [1.82, 2.24) is 0 Å². The molecule has 0 saturated heterocycles. The van der Waals surface area contributed by atoms with E-state index in [1.165, 1.54) is 7.11 Å². The van der Waals surface area contributed by atoms with Gasteiger partial charge in [0, 0.05) is 6.42 Å². The van der Waals surface area contributed by atoms with Crippen LogP contribution < -0.4 is 0 Å². The molecule has 2 aliphatic rings. The third-order valence-corrected chi connectivity index (χ3v) is 4.55. The van der Waals surface area contributed by atoms with Crippen molar-refractivity contribution in [3.8, 4) is 0 Å². The highest BCUT2D eigenvalue weighted by molar-refractivity contribution is 6.10. The molecule has 1 fully saturated rings. The van der Waals surface area contributed by atoms with Crippen molar-refractivity contribution in [3.63, 3.8) is 0 Å². The minimum absolute atomic E-state index is 0.190. The Morgan fingerprint density at radius 2 is 1.81 bits per heavy atom. The standard InChI is InChI=1S/C16H18O5/c1-15-8-7-13(17)16(15,14(18)19-2)21-10-12-6-4-3-5-11(12)9-20-15/h3-6H,7-10H2,1-2H3/t15-,16-/m0/s1. The number of esters is 1. The summed E-state index contributed by atoms with van der Waals surface area (Å²) in [5.74, 6) is -0.942. The van der Waals surface area contributed by atoms with Crippen LogP contribution in [0.3, 0.4) is 0 Å². The highest BCUT2D eigenvalue weighted by atomic mass is 16.6. The van der Waals surface area contributed by atoms with Gasteiger partial charge in [-0.25, -0.2) is 4.79 Å². The molecule has 5 heteroatoms. The van der Waals surface area contributed by atoms with E-state index in [-0.39, 0.29) is 18.8 Å². The largest absolute Gasteiger partial charge is 0.466 e. The van der Waals surface area contributed by atoms with Crippen LogP contribution in [-0.4, -0.2) is 30.1 Å². The number of Topliss-reactive ketones (excluding diaryl/α,β-unsaturated/α-hetero) is 1. The lowest BCUT2D eigenvalue weighted by atomic mass is 9.85. The summed E-state index contributed by atoms with van der Waals surface area (Å²) in [6.07, 6.45) is 0.699. The van der Waals surface area contributed by atoms with Crippen molar-refractivity contribution in [2.24, 2.45) is 0 Å². The van der Waals surface area contributed by atoms with Crippen molar-refractivity contribution >= 4 is 11.8 Å². The number of ether oxygens (including phenoxy) is 3. The quantitative estimate of drug-likeness (QED) is 0.582. The molecule has 0 N–H and O–H groups in total. The summed E-state index contributed by atoms with van der Waals surface area (Å²) in [7, 11) is 1.26. The van der Waals surface area contributed by atoms with Crippen molar-refractivity contribution in [2.45, 2.75) is 44.2 Å². The molecule has 0 bridgehead atoms. The molecule has 5 nitrogen and oxygen atoms in total. The topological polar surface area (TPSA) is 61.8 Å². The second kappa shape index (κ2) is 4.93. The summed E-state index contributed by atoms with van der Waals surface area (Å²) in [4.78, 5) is 24.7. The lowest BCUT2D eigenvalue weighted by Gasteiger charge is -2.41. The van der Waals surface area contributed by atoms with Gasteiger partial charge in [0.05, 0.1) is 20.3 Å².